The van der Waals surface area contributed by atoms with Gasteiger partial charge in [0.1, 0.15) is 0 Å². The summed E-state index contributed by atoms with van der Waals surface area (Å²) in [6.45, 7) is 2.90. The Morgan fingerprint density at radius 2 is 2.09 bits per heavy atom. The van der Waals surface area contributed by atoms with Gasteiger partial charge in [-0.25, -0.2) is 12.7 Å². The third-order valence-corrected chi connectivity index (χ3v) is 6.67. The van der Waals surface area contributed by atoms with Gasteiger partial charge >= 0.3 is 0 Å². The zero-order chi connectivity index (χ0) is 15.3. The lowest BCUT2D eigenvalue weighted by molar-refractivity contribution is 0.458. The maximum absolute atomic E-state index is 12.1. The number of rotatable bonds is 3. The predicted molar refractivity (Wildman–Crippen MR) is 82.8 cm³/mol. The van der Waals surface area contributed by atoms with E-state index in [-0.39, 0.29) is 11.7 Å². The number of pyridine rings is 1. The molecule has 0 amide bonds. The van der Waals surface area contributed by atoms with Crippen LogP contribution in [0.15, 0.2) is 24.5 Å². The lowest BCUT2D eigenvalue weighted by Gasteiger charge is -2.15. The smallest absolute Gasteiger partial charge is 0.213 e. The molecule has 1 saturated heterocycles. The van der Waals surface area contributed by atoms with Crippen LogP contribution in [0.2, 0.25) is 0 Å². The summed E-state index contributed by atoms with van der Waals surface area (Å²) in [6, 6.07) is 3.91. The normalized spacial score (nSPS) is 24.4. The highest BCUT2D eigenvalue weighted by molar-refractivity contribution is 7.89. The fourth-order valence-corrected chi connectivity index (χ4v) is 4.85. The summed E-state index contributed by atoms with van der Waals surface area (Å²) in [4.78, 5) is 4.04. The van der Waals surface area contributed by atoms with Crippen LogP contribution >= 0.6 is 0 Å². The monoisotopic (exact) mass is 318 g/mol. The Labute approximate surface area is 129 Å². The van der Waals surface area contributed by atoms with E-state index in [4.69, 9.17) is 0 Å². The quantitative estimate of drug-likeness (QED) is 0.927. The van der Waals surface area contributed by atoms with Crippen molar-refractivity contribution in [1.29, 1.82) is 0 Å². The van der Waals surface area contributed by atoms with E-state index < -0.39 is 10.0 Å². The molecule has 0 bridgehead atoms. The summed E-state index contributed by atoms with van der Waals surface area (Å²) in [5.41, 5.74) is 4.41. The van der Waals surface area contributed by atoms with Gasteiger partial charge in [-0.3, -0.25) is 10.1 Å². The Hall–Kier alpha value is -1.73. The minimum Gasteiger partial charge on any atom is -0.281 e. The predicted octanol–water partition coefficient (Wildman–Crippen LogP) is 1.39. The van der Waals surface area contributed by atoms with Gasteiger partial charge in [0.2, 0.25) is 10.0 Å². The van der Waals surface area contributed by atoms with E-state index in [0.717, 1.165) is 23.4 Å². The van der Waals surface area contributed by atoms with E-state index >= 15 is 0 Å². The van der Waals surface area contributed by atoms with Crippen molar-refractivity contribution in [2.75, 3.05) is 18.8 Å². The number of H-pyrrole nitrogens is 1. The first kappa shape index (κ1) is 13.9. The molecule has 0 saturated carbocycles. The van der Waals surface area contributed by atoms with Gasteiger partial charge in [0.05, 0.1) is 11.4 Å². The topological polar surface area (TPSA) is 79.0 Å². The first-order chi connectivity index (χ1) is 10.6. The molecule has 0 spiro atoms. The molecule has 2 aliphatic rings. The molecule has 0 aromatic carbocycles. The van der Waals surface area contributed by atoms with E-state index in [2.05, 4.69) is 15.2 Å². The van der Waals surface area contributed by atoms with Crippen molar-refractivity contribution < 1.29 is 8.42 Å². The number of hydrogen-bond acceptors (Lipinski definition) is 4. The Morgan fingerprint density at radius 1 is 1.32 bits per heavy atom. The Balaban J connectivity index is 1.66. The van der Waals surface area contributed by atoms with Crippen molar-refractivity contribution in [3.63, 3.8) is 0 Å². The molecule has 2 aromatic rings. The average molecular weight is 318 g/mol. The highest BCUT2D eigenvalue weighted by atomic mass is 32.2. The van der Waals surface area contributed by atoms with Crippen molar-refractivity contribution >= 4 is 10.0 Å². The molecule has 4 rings (SSSR count). The number of aromatic amines is 1. The molecule has 1 aliphatic heterocycles. The van der Waals surface area contributed by atoms with Gasteiger partial charge in [-0.05, 0) is 31.4 Å². The first-order valence-electron chi connectivity index (χ1n) is 7.55. The molecule has 1 aliphatic carbocycles. The van der Waals surface area contributed by atoms with Crippen molar-refractivity contribution in [2.45, 2.75) is 19.3 Å². The van der Waals surface area contributed by atoms with Crippen molar-refractivity contribution in [2.24, 2.45) is 5.92 Å². The fraction of sp³-hybridized carbons (Fsp3) is 0.467. The largest absolute Gasteiger partial charge is 0.281 e. The molecule has 2 aromatic heterocycles. The maximum atomic E-state index is 12.1. The highest BCUT2D eigenvalue weighted by Gasteiger charge is 2.45. The molecule has 1 fully saturated rings. The fourth-order valence-electron chi connectivity index (χ4n) is 3.68. The zero-order valence-corrected chi connectivity index (χ0v) is 13.2. The number of aromatic nitrogens is 3. The summed E-state index contributed by atoms with van der Waals surface area (Å²) >= 11 is 0. The van der Waals surface area contributed by atoms with Crippen molar-refractivity contribution in [3.8, 4) is 11.3 Å². The summed E-state index contributed by atoms with van der Waals surface area (Å²) in [6.07, 6.45) is 4.42. The van der Waals surface area contributed by atoms with Crippen molar-refractivity contribution in [3.05, 3.63) is 35.8 Å². The third-order valence-electron chi connectivity index (χ3n) is 4.86. The molecule has 6 nitrogen and oxygen atoms in total. The van der Waals surface area contributed by atoms with Crippen LogP contribution in [0.5, 0.6) is 0 Å². The lowest BCUT2D eigenvalue weighted by Crippen LogP contribution is -2.31. The summed E-state index contributed by atoms with van der Waals surface area (Å²) < 4.78 is 25.8. The number of fused-ring (bicyclic) bond motifs is 3. The van der Waals surface area contributed by atoms with Gasteiger partial charge < -0.3 is 0 Å². The van der Waals surface area contributed by atoms with Gasteiger partial charge in [-0.2, -0.15) is 5.10 Å². The van der Waals surface area contributed by atoms with Gasteiger partial charge in [0.25, 0.3) is 0 Å². The minimum absolute atomic E-state index is 0.171. The Bertz CT molecular complexity index is 800. The maximum Gasteiger partial charge on any atom is 0.213 e. The van der Waals surface area contributed by atoms with Crippen LogP contribution in [0.25, 0.3) is 11.3 Å². The minimum atomic E-state index is -3.10. The number of nitrogens with zero attached hydrogens (tertiary/aromatic N) is 3. The van der Waals surface area contributed by atoms with E-state index in [1.807, 2.05) is 12.1 Å². The van der Waals surface area contributed by atoms with E-state index in [1.54, 1.807) is 23.6 Å². The highest BCUT2D eigenvalue weighted by Crippen LogP contribution is 2.45. The van der Waals surface area contributed by atoms with Crippen LogP contribution in [0.4, 0.5) is 0 Å². The molecular weight excluding hydrogens is 300 g/mol. The molecule has 116 valence electrons. The second-order valence-electron chi connectivity index (χ2n) is 5.99. The van der Waals surface area contributed by atoms with Crippen LogP contribution in [0.1, 0.15) is 24.1 Å². The molecule has 7 heteroatoms. The molecule has 0 unspecified atom stereocenters. The average Bonchev–Trinajstić information content (AvgIpc) is 3.18. The second-order valence-corrected chi connectivity index (χ2v) is 8.25. The van der Waals surface area contributed by atoms with Gasteiger partial charge in [0.15, 0.2) is 0 Å². The van der Waals surface area contributed by atoms with E-state index in [1.165, 1.54) is 5.56 Å². The van der Waals surface area contributed by atoms with Crippen LogP contribution < -0.4 is 0 Å². The van der Waals surface area contributed by atoms with Gasteiger partial charge in [-0.1, -0.05) is 0 Å². The molecule has 0 radical (unpaired) electrons. The number of nitrogens with one attached hydrogen (secondary N) is 1. The molecule has 1 N–H and O–H groups in total. The summed E-state index contributed by atoms with van der Waals surface area (Å²) in [7, 11) is -3.10. The van der Waals surface area contributed by atoms with Gasteiger partial charge in [-0.15, -0.1) is 0 Å². The van der Waals surface area contributed by atoms with E-state index in [0.29, 0.717) is 19.0 Å². The molecule has 3 heterocycles. The number of hydrogen-bond donors (Lipinski definition) is 1. The summed E-state index contributed by atoms with van der Waals surface area (Å²) in [5.74, 6) is 0.787. The third kappa shape index (κ3) is 1.99. The molecular formula is C15H18N4O2S. The number of sulfonamides is 1. The lowest BCUT2D eigenvalue weighted by atomic mass is 9.99. The molecule has 22 heavy (non-hydrogen) atoms. The summed E-state index contributed by atoms with van der Waals surface area (Å²) in [5, 5.41) is 7.61. The van der Waals surface area contributed by atoms with E-state index in [9.17, 15) is 8.42 Å². The van der Waals surface area contributed by atoms with Crippen molar-refractivity contribution in [1.82, 2.24) is 19.5 Å². The Morgan fingerprint density at radius 3 is 2.82 bits per heavy atom. The van der Waals surface area contributed by atoms with Crippen LogP contribution in [0.3, 0.4) is 0 Å². The Kier molecular flexibility index (Phi) is 3.09. The molecule has 2 atom stereocenters. The first-order valence-corrected chi connectivity index (χ1v) is 9.16. The second kappa shape index (κ2) is 4.89. The van der Waals surface area contributed by atoms with Crippen LogP contribution in [-0.4, -0.2) is 46.7 Å². The van der Waals surface area contributed by atoms with Gasteiger partial charge in [0, 0.05) is 48.2 Å². The van der Waals surface area contributed by atoms with Crippen LogP contribution in [-0.2, 0) is 16.4 Å². The standard InChI is InChI=1S/C15H18N4O2S/c1-2-22(20,21)19-8-11-7-12-14(10-3-5-16-6-4-10)17-18-15(12)13(11)9-19/h3-6,11,13H,2,7-9H2,1H3,(H,17,18)/t11-,13+/m1/s1. The van der Waals surface area contributed by atoms with Crippen LogP contribution in [0, 0.1) is 5.92 Å². The zero-order valence-electron chi connectivity index (χ0n) is 12.4. The SMILES string of the molecule is CCS(=O)(=O)N1C[C@H]2Cc3c(-c4ccncc4)n[nH]c3[C@H]2C1.